The van der Waals surface area contributed by atoms with Crippen LogP contribution in [0.2, 0.25) is 0 Å². The molecule has 6 rings (SSSR count). The van der Waals surface area contributed by atoms with Gasteiger partial charge in [-0.1, -0.05) is 12.1 Å². The van der Waals surface area contributed by atoms with E-state index < -0.39 is 0 Å². The summed E-state index contributed by atoms with van der Waals surface area (Å²) in [5.41, 5.74) is 4.56. The van der Waals surface area contributed by atoms with E-state index in [0.29, 0.717) is 35.8 Å². The molecule has 2 aromatic carbocycles. The minimum Gasteiger partial charge on any atom is -0.454 e. The lowest BCUT2D eigenvalue weighted by Gasteiger charge is -2.15. The molecule has 4 heterocycles. The Hall–Kier alpha value is -4.00. The molecule has 1 amide bonds. The number of carbonyl (C=O) groups excluding carboxylic acids is 1. The van der Waals surface area contributed by atoms with Crippen LogP contribution in [0.15, 0.2) is 60.9 Å². The largest absolute Gasteiger partial charge is 0.454 e. The molecule has 0 saturated heterocycles. The highest BCUT2D eigenvalue weighted by Crippen LogP contribution is 2.43. The van der Waals surface area contributed by atoms with Crippen molar-refractivity contribution in [2.45, 2.75) is 13.1 Å². The lowest BCUT2D eigenvalue weighted by molar-refractivity contribution is 0.0762. The van der Waals surface area contributed by atoms with E-state index in [1.807, 2.05) is 18.2 Å². The zero-order valence-corrected chi connectivity index (χ0v) is 16.3. The minimum absolute atomic E-state index is 0.130. The molecule has 2 aromatic heterocycles. The van der Waals surface area contributed by atoms with Crippen LogP contribution >= 0.6 is 0 Å². The smallest absolute Gasteiger partial charge is 0.273 e. The fourth-order valence-corrected chi connectivity index (χ4v) is 4.22. The van der Waals surface area contributed by atoms with Crippen LogP contribution in [0.1, 0.15) is 21.6 Å². The van der Waals surface area contributed by atoms with Crippen LogP contribution in [0.3, 0.4) is 0 Å². The second-order valence-corrected chi connectivity index (χ2v) is 7.56. The summed E-state index contributed by atoms with van der Waals surface area (Å²) in [5.74, 6) is 0.793. The summed E-state index contributed by atoms with van der Waals surface area (Å²) in [7, 11) is 0. The number of ether oxygens (including phenoxy) is 2. The van der Waals surface area contributed by atoms with Gasteiger partial charge in [-0.15, -0.1) is 0 Å². The quantitative estimate of drug-likeness (QED) is 0.501. The summed E-state index contributed by atoms with van der Waals surface area (Å²) in [6.07, 6.45) is 3.42. The van der Waals surface area contributed by atoms with E-state index in [0.717, 1.165) is 27.6 Å². The molecule has 6 nitrogen and oxygen atoms in total. The number of hydrogen-bond acceptors (Lipinski definition) is 5. The maximum Gasteiger partial charge on any atom is 0.273 e. The molecule has 2 aliphatic heterocycles. The number of nitrogens with zero attached hydrogens (tertiary/aromatic N) is 3. The zero-order valence-electron chi connectivity index (χ0n) is 16.3. The normalized spacial score (nSPS) is 14.4. The standard InChI is InChI=1S/C24H16FN3O3/c25-16-3-1-15(2-4-16)22-17-9-20-21(31-13-30-20)10-19(17)27-23-18(22)12-28(24(23)29)11-14-5-7-26-8-6-14/h1-10H,11-13H2. The van der Waals surface area contributed by atoms with E-state index in [9.17, 15) is 9.18 Å². The summed E-state index contributed by atoms with van der Waals surface area (Å²) < 4.78 is 24.7. The molecule has 31 heavy (non-hydrogen) atoms. The molecule has 0 radical (unpaired) electrons. The average molecular weight is 413 g/mol. The third-order valence-electron chi connectivity index (χ3n) is 5.67. The Labute approximate surface area is 176 Å². The van der Waals surface area contributed by atoms with Crippen molar-refractivity contribution < 1.29 is 18.7 Å². The molecule has 0 spiro atoms. The molecule has 0 atom stereocenters. The number of pyridine rings is 2. The van der Waals surface area contributed by atoms with Gasteiger partial charge in [0.05, 0.1) is 5.52 Å². The van der Waals surface area contributed by atoms with Gasteiger partial charge in [-0.2, -0.15) is 0 Å². The van der Waals surface area contributed by atoms with Gasteiger partial charge in [0.15, 0.2) is 11.5 Å². The van der Waals surface area contributed by atoms with Crippen molar-refractivity contribution in [3.63, 3.8) is 0 Å². The fraction of sp³-hybridized carbons (Fsp3) is 0.125. The van der Waals surface area contributed by atoms with Crippen LogP contribution in [0.5, 0.6) is 11.5 Å². The fourth-order valence-electron chi connectivity index (χ4n) is 4.22. The first kappa shape index (κ1) is 17.8. The molecule has 0 fully saturated rings. The van der Waals surface area contributed by atoms with Crippen LogP contribution in [0.4, 0.5) is 4.39 Å². The molecular formula is C24H16FN3O3. The van der Waals surface area contributed by atoms with Gasteiger partial charge < -0.3 is 14.4 Å². The number of halogens is 1. The number of amides is 1. The monoisotopic (exact) mass is 413 g/mol. The Morgan fingerprint density at radius 3 is 2.52 bits per heavy atom. The second-order valence-electron chi connectivity index (χ2n) is 7.56. The number of aromatic nitrogens is 2. The Morgan fingerprint density at radius 2 is 1.74 bits per heavy atom. The van der Waals surface area contributed by atoms with Crippen molar-refractivity contribution in [2.75, 3.05) is 6.79 Å². The third-order valence-corrected chi connectivity index (χ3v) is 5.67. The van der Waals surface area contributed by atoms with Gasteiger partial charge in [0, 0.05) is 42.5 Å². The van der Waals surface area contributed by atoms with Gasteiger partial charge in [-0.05, 0) is 47.0 Å². The molecule has 4 aromatic rings. The Balaban J connectivity index is 1.54. The van der Waals surface area contributed by atoms with Crippen LogP contribution in [0.25, 0.3) is 22.0 Å². The van der Waals surface area contributed by atoms with E-state index in [-0.39, 0.29) is 18.5 Å². The van der Waals surface area contributed by atoms with Crippen LogP contribution < -0.4 is 9.47 Å². The molecule has 152 valence electrons. The number of fused-ring (bicyclic) bond motifs is 3. The van der Waals surface area contributed by atoms with Crippen molar-refractivity contribution in [1.29, 1.82) is 0 Å². The molecule has 0 N–H and O–H groups in total. The van der Waals surface area contributed by atoms with E-state index in [4.69, 9.17) is 14.5 Å². The lowest BCUT2D eigenvalue weighted by Crippen LogP contribution is -2.23. The van der Waals surface area contributed by atoms with Gasteiger partial charge in [-0.3, -0.25) is 9.78 Å². The maximum atomic E-state index is 13.6. The van der Waals surface area contributed by atoms with Gasteiger partial charge in [-0.25, -0.2) is 9.37 Å². The Kier molecular flexibility index (Phi) is 3.89. The Bertz CT molecular complexity index is 1340. The van der Waals surface area contributed by atoms with Crippen molar-refractivity contribution in [3.8, 4) is 22.6 Å². The van der Waals surface area contributed by atoms with Gasteiger partial charge >= 0.3 is 0 Å². The van der Waals surface area contributed by atoms with Crippen molar-refractivity contribution >= 4 is 16.8 Å². The maximum absolute atomic E-state index is 13.6. The van der Waals surface area contributed by atoms with E-state index in [1.54, 1.807) is 35.5 Å². The van der Waals surface area contributed by atoms with Crippen molar-refractivity contribution in [1.82, 2.24) is 14.9 Å². The summed E-state index contributed by atoms with van der Waals surface area (Å²) in [6, 6.07) is 13.8. The number of benzene rings is 2. The number of carbonyl (C=O) groups is 1. The highest BCUT2D eigenvalue weighted by molar-refractivity contribution is 6.06. The molecule has 0 aliphatic carbocycles. The summed E-state index contributed by atoms with van der Waals surface area (Å²) in [6.45, 7) is 1.02. The zero-order chi connectivity index (χ0) is 20.9. The summed E-state index contributed by atoms with van der Waals surface area (Å²) in [4.78, 5) is 23.7. The van der Waals surface area contributed by atoms with Gasteiger partial charge in [0.2, 0.25) is 6.79 Å². The van der Waals surface area contributed by atoms with Crippen molar-refractivity contribution in [3.05, 3.63) is 83.6 Å². The van der Waals surface area contributed by atoms with E-state index >= 15 is 0 Å². The summed E-state index contributed by atoms with van der Waals surface area (Å²) in [5, 5.41) is 0.841. The summed E-state index contributed by atoms with van der Waals surface area (Å²) >= 11 is 0. The number of hydrogen-bond donors (Lipinski definition) is 0. The van der Waals surface area contributed by atoms with Crippen LogP contribution in [-0.2, 0) is 13.1 Å². The van der Waals surface area contributed by atoms with Crippen LogP contribution in [0, 0.1) is 5.82 Å². The number of rotatable bonds is 3. The predicted molar refractivity (Wildman–Crippen MR) is 111 cm³/mol. The van der Waals surface area contributed by atoms with Crippen LogP contribution in [-0.4, -0.2) is 27.6 Å². The van der Waals surface area contributed by atoms with Gasteiger partial charge in [0.1, 0.15) is 11.5 Å². The first-order valence-corrected chi connectivity index (χ1v) is 9.88. The highest BCUT2D eigenvalue weighted by atomic mass is 19.1. The highest BCUT2D eigenvalue weighted by Gasteiger charge is 2.33. The first-order chi connectivity index (χ1) is 15.2. The molecular weight excluding hydrogens is 397 g/mol. The van der Waals surface area contributed by atoms with Crippen molar-refractivity contribution in [2.24, 2.45) is 0 Å². The molecule has 2 aliphatic rings. The first-order valence-electron chi connectivity index (χ1n) is 9.88. The molecule has 0 unspecified atom stereocenters. The average Bonchev–Trinajstić information content (AvgIpc) is 3.36. The van der Waals surface area contributed by atoms with E-state index in [1.165, 1.54) is 12.1 Å². The molecule has 0 bridgehead atoms. The second kappa shape index (κ2) is 6.77. The predicted octanol–water partition coefficient (Wildman–Crippen LogP) is 4.32. The molecule has 0 saturated carbocycles. The Morgan fingerprint density at radius 1 is 1.00 bits per heavy atom. The lowest BCUT2D eigenvalue weighted by atomic mass is 9.94. The van der Waals surface area contributed by atoms with Gasteiger partial charge in [0.25, 0.3) is 5.91 Å². The topological polar surface area (TPSA) is 64.6 Å². The minimum atomic E-state index is -0.313. The SMILES string of the molecule is O=C1c2nc3cc4c(cc3c(-c3ccc(F)cc3)c2CN1Cc1ccncc1)OCO4. The third kappa shape index (κ3) is 2.89. The van der Waals surface area contributed by atoms with E-state index in [2.05, 4.69) is 4.98 Å². The molecule has 7 heteroatoms.